The lowest BCUT2D eigenvalue weighted by Crippen LogP contribution is -2.35. The molecule has 19 heavy (non-hydrogen) atoms. The Bertz CT molecular complexity index is 365. The standard InChI is InChI=1S/C13H19F3N2O/c1-2-18(10-13(14,15)16)8-3-9-19-12-6-4-11(17)5-7-12/h4-7H,2-3,8-10,17H2,1H3. The lowest BCUT2D eigenvalue weighted by atomic mass is 10.3. The van der Waals surface area contributed by atoms with Gasteiger partial charge in [-0.1, -0.05) is 6.92 Å². The predicted molar refractivity (Wildman–Crippen MR) is 69.1 cm³/mol. The fraction of sp³-hybridized carbons (Fsp3) is 0.538. The van der Waals surface area contributed by atoms with Gasteiger partial charge in [0.2, 0.25) is 0 Å². The summed E-state index contributed by atoms with van der Waals surface area (Å²) in [5.74, 6) is 0.674. The molecule has 6 heteroatoms. The number of nitrogens with two attached hydrogens (primary N) is 1. The molecule has 2 N–H and O–H groups in total. The third-order valence-corrected chi connectivity index (χ3v) is 2.62. The van der Waals surface area contributed by atoms with Gasteiger partial charge in [0.05, 0.1) is 13.2 Å². The summed E-state index contributed by atoms with van der Waals surface area (Å²) in [5, 5.41) is 0. The highest BCUT2D eigenvalue weighted by molar-refractivity contribution is 5.41. The Morgan fingerprint density at radius 3 is 2.37 bits per heavy atom. The molecule has 0 amide bonds. The van der Waals surface area contributed by atoms with E-state index in [0.29, 0.717) is 37.6 Å². The Balaban J connectivity index is 2.24. The quantitative estimate of drug-likeness (QED) is 0.614. The highest BCUT2D eigenvalue weighted by Gasteiger charge is 2.29. The number of ether oxygens (including phenoxy) is 1. The molecule has 1 rings (SSSR count). The third kappa shape index (κ3) is 6.91. The molecule has 0 aliphatic heterocycles. The zero-order valence-corrected chi connectivity index (χ0v) is 10.9. The van der Waals surface area contributed by atoms with Crippen molar-refractivity contribution in [2.24, 2.45) is 0 Å². The van der Waals surface area contributed by atoms with Crippen molar-refractivity contribution >= 4 is 5.69 Å². The van der Waals surface area contributed by atoms with Gasteiger partial charge in [0.1, 0.15) is 5.75 Å². The summed E-state index contributed by atoms with van der Waals surface area (Å²) in [6.07, 6.45) is -3.60. The average molecular weight is 276 g/mol. The Hall–Kier alpha value is -1.43. The molecule has 0 saturated carbocycles. The SMILES string of the molecule is CCN(CCCOc1ccc(N)cc1)CC(F)(F)F. The van der Waals surface area contributed by atoms with Crippen LogP contribution in [0.4, 0.5) is 18.9 Å². The second-order valence-corrected chi connectivity index (χ2v) is 4.25. The van der Waals surface area contributed by atoms with Crippen molar-refractivity contribution < 1.29 is 17.9 Å². The fourth-order valence-electron chi connectivity index (χ4n) is 1.64. The van der Waals surface area contributed by atoms with Gasteiger partial charge in [-0.3, -0.25) is 4.90 Å². The van der Waals surface area contributed by atoms with Gasteiger partial charge in [0.15, 0.2) is 0 Å². The third-order valence-electron chi connectivity index (χ3n) is 2.62. The zero-order valence-electron chi connectivity index (χ0n) is 10.9. The Labute approximate surface area is 111 Å². The minimum absolute atomic E-state index is 0.366. The van der Waals surface area contributed by atoms with Crippen LogP contribution in [0.1, 0.15) is 13.3 Å². The first kappa shape index (κ1) is 15.6. The molecule has 0 aliphatic rings. The molecule has 0 fully saturated rings. The molecule has 0 heterocycles. The maximum Gasteiger partial charge on any atom is 0.401 e. The molecule has 0 spiro atoms. The van der Waals surface area contributed by atoms with Crippen molar-refractivity contribution in [3.05, 3.63) is 24.3 Å². The van der Waals surface area contributed by atoms with Crippen LogP contribution >= 0.6 is 0 Å². The van der Waals surface area contributed by atoms with Crippen LogP contribution in [-0.2, 0) is 0 Å². The van der Waals surface area contributed by atoms with Crippen LogP contribution in [0.5, 0.6) is 5.75 Å². The highest BCUT2D eigenvalue weighted by atomic mass is 19.4. The van der Waals surface area contributed by atoms with E-state index in [1.54, 1.807) is 31.2 Å². The van der Waals surface area contributed by atoms with Gasteiger partial charge in [-0.05, 0) is 37.2 Å². The molecule has 0 atom stereocenters. The minimum Gasteiger partial charge on any atom is -0.494 e. The smallest absolute Gasteiger partial charge is 0.401 e. The van der Waals surface area contributed by atoms with E-state index in [-0.39, 0.29) is 0 Å². The number of nitrogen functional groups attached to an aromatic ring is 1. The molecule has 1 aromatic carbocycles. The van der Waals surface area contributed by atoms with Gasteiger partial charge in [0.25, 0.3) is 0 Å². The van der Waals surface area contributed by atoms with Gasteiger partial charge in [-0.15, -0.1) is 0 Å². The molecule has 0 aliphatic carbocycles. The summed E-state index contributed by atoms with van der Waals surface area (Å²) in [6.45, 7) is 1.97. The van der Waals surface area contributed by atoms with Gasteiger partial charge in [-0.2, -0.15) is 13.2 Å². The van der Waals surface area contributed by atoms with Gasteiger partial charge in [-0.25, -0.2) is 0 Å². The lowest BCUT2D eigenvalue weighted by Gasteiger charge is -2.21. The first-order chi connectivity index (χ1) is 8.90. The molecule has 0 aromatic heterocycles. The van der Waals surface area contributed by atoms with Crippen molar-refractivity contribution in [3.63, 3.8) is 0 Å². The number of benzene rings is 1. The average Bonchev–Trinajstić information content (AvgIpc) is 2.34. The molecule has 108 valence electrons. The van der Waals surface area contributed by atoms with Crippen LogP contribution in [0, 0.1) is 0 Å². The number of halogens is 3. The molecular weight excluding hydrogens is 257 g/mol. The first-order valence-corrected chi connectivity index (χ1v) is 6.18. The first-order valence-electron chi connectivity index (χ1n) is 6.18. The van der Waals surface area contributed by atoms with Gasteiger partial charge < -0.3 is 10.5 Å². The molecule has 0 saturated heterocycles. The number of rotatable bonds is 7. The largest absolute Gasteiger partial charge is 0.494 e. The van der Waals surface area contributed by atoms with Gasteiger partial charge in [0, 0.05) is 12.2 Å². The molecule has 0 radical (unpaired) electrons. The fourth-order valence-corrected chi connectivity index (χ4v) is 1.64. The lowest BCUT2D eigenvalue weighted by molar-refractivity contribution is -0.145. The van der Waals surface area contributed by atoms with Crippen molar-refractivity contribution in [2.75, 3.05) is 32.0 Å². The maximum atomic E-state index is 12.2. The van der Waals surface area contributed by atoms with E-state index in [9.17, 15) is 13.2 Å². The zero-order chi connectivity index (χ0) is 14.3. The normalized spacial score (nSPS) is 11.8. The maximum absolute atomic E-state index is 12.2. The van der Waals surface area contributed by atoms with Crippen molar-refractivity contribution in [1.29, 1.82) is 0 Å². The van der Waals surface area contributed by atoms with Crippen LogP contribution < -0.4 is 10.5 Å². The van der Waals surface area contributed by atoms with E-state index in [1.165, 1.54) is 4.90 Å². The summed E-state index contributed by atoms with van der Waals surface area (Å²) in [5.41, 5.74) is 6.18. The molecule has 0 bridgehead atoms. The second kappa shape index (κ2) is 7.23. The molecular formula is C13H19F3N2O. The van der Waals surface area contributed by atoms with Crippen LogP contribution in [0.2, 0.25) is 0 Å². The number of nitrogens with zero attached hydrogens (tertiary/aromatic N) is 1. The van der Waals surface area contributed by atoms with E-state index in [0.717, 1.165) is 0 Å². The predicted octanol–water partition coefficient (Wildman–Crippen LogP) is 2.92. The number of hydrogen-bond acceptors (Lipinski definition) is 3. The van der Waals surface area contributed by atoms with E-state index >= 15 is 0 Å². The minimum atomic E-state index is -4.15. The van der Waals surface area contributed by atoms with Gasteiger partial charge >= 0.3 is 6.18 Å². The van der Waals surface area contributed by atoms with E-state index < -0.39 is 12.7 Å². The summed E-state index contributed by atoms with van der Waals surface area (Å²) in [4.78, 5) is 1.35. The Kier molecular flexibility index (Phi) is 5.95. The van der Waals surface area contributed by atoms with E-state index in [2.05, 4.69) is 0 Å². The van der Waals surface area contributed by atoms with Crippen LogP contribution in [0.3, 0.4) is 0 Å². The van der Waals surface area contributed by atoms with Crippen molar-refractivity contribution in [3.8, 4) is 5.75 Å². The number of alkyl halides is 3. The van der Waals surface area contributed by atoms with E-state index in [4.69, 9.17) is 10.5 Å². The van der Waals surface area contributed by atoms with Crippen LogP contribution in [0.15, 0.2) is 24.3 Å². The van der Waals surface area contributed by atoms with Crippen LogP contribution in [0.25, 0.3) is 0 Å². The number of anilines is 1. The summed E-state index contributed by atoms with van der Waals surface area (Å²) >= 11 is 0. The Morgan fingerprint density at radius 1 is 1.21 bits per heavy atom. The Morgan fingerprint density at radius 2 is 1.84 bits per heavy atom. The summed E-state index contributed by atoms with van der Waals surface area (Å²) < 4.78 is 42.1. The highest BCUT2D eigenvalue weighted by Crippen LogP contribution is 2.17. The monoisotopic (exact) mass is 276 g/mol. The number of hydrogen-bond donors (Lipinski definition) is 1. The second-order valence-electron chi connectivity index (χ2n) is 4.25. The van der Waals surface area contributed by atoms with E-state index in [1.807, 2.05) is 0 Å². The topological polar surface area (TPSA) is 38.5 Å². The molecule has 0 unspecified atom stereocenters. The molecule has 3 nitrogen and oxygen atoms in total. The van der Waals surface area contributed by atoms with Crippen molar-refractivity contribution in [2.45, 2.75) is 19.5 Å². The summed E-state index contributed by atoms with van der Waals surface area (Å²) in [7, 11) is 0. The summed E-state index contributed by atoms with van der Waals surface area (Å²) in [6, 6.07) is 6.92. The van der Waals surface area contributed by atoms with Crippen LogP contribution in [-0.4, -0.2) is 37.3 Å². The van der Waals surface area contributed by atoms with Crippen molar-refractivity contribution in [1.82, 2.24) is 4.90 Å². The molecule has 1 aromatic rings.